The van der Waals surface area contributed by atoms with Crippen LogP contribution in [-0.4, -0.2) is 41.9 Å². The minimum atomic E-state index is -1.90. The molecule has 1 fully saturated rings. The predicted octanol–water partition coefficient (Wildman–Crippen LogP) is 10.2. The van der Waals surface area contributed by atoms with E-state index in [9.17, 15) is 4.79 Å². The SMILES string of the molecule is CC(=O)O[C@@H](CCCO[Si](C)(C)C(C)(C)C)[C@]1(C)CC[C@@]2(C)CCC(C(C)C)=C2/C1=C/CO[Si](C)(C)C(C)(C)C. The average molecular weight is 593 g/mol. The van der Waals surface area contributed by atoms with E-state index < -0.39 is 16.6 Å². The highest BCUT2D eigenvalue weighted by Crippen LogP contribution is 2.61. The Labute approximate surface area is 250 Å². The molecular weight excluding hydrogens is 529 g/mol. The molecule has 0 aromatic carbocycles. The average Bonchev–Trinajstić information content (AvgIpc) is 3.13. The van der Waals surface area contributed by atoms with Gasteiger partial charge in [-0.05, 0) is 97.3 Å². The van der Waals surface area contributed by atoms with Gasteiger partial charge >= 0.3 is 5.97 Å². The molecule has 232 valence electrons. The number of esters is 1. The van der Waals surface area contributed by atoms with Crippen LogP contribution < -0.4 is 0 Å². The van der Waals surface area contributed by atoms with Gasteiger partial charge in [0.05, 0.1) is 6.61 Å². The Balaban J connectivity index is 2.48. The summed E-state index contributed by atoms with van der Waals surface area (Å²) in [5.74, 6) is 0.320. The third-order valence-corrected chi connectivity index (χ3v) is 20.1. The molecule has 2 rings (SSSR count). The molecule has 0 heterocycles. The zero-order chi connectivity index (χ0) is 30.9. The first-order chi connectivity index (χ1) is 18.0. The van der Waals surface area contributed by atoms with Crippen molar-refractivity contribution in [3.8, 4) is 0 Å². The van der Waals surface area contributed by atoms with E-state index in [1.54, 1.807) is 18.1 Å². The minimum Gasteiger partial charge on any atom is -0.462 e. The molecule has 0 saturated heterocycles. The smallest absolute Gasteiger partial charge is 0.302 e. The van der Waals surface area contributed by atoms with Gasteiger partial charge in [-0.15, -0.1) is 0 Å². The van der Waals surface area contributed by atoms with E-state index in [-0.39, 0.29) is 33.0 Å². The van der Waals surface area contributed by atoms with Crippen LogP contribution in [0.25, 0.3) is 0 Å². The van der Waals surface area contributed by atoms with E-state index in [2.05, 4.69) is 102 Å². The van der Waals surface area contributed by atoms with Crippen LogP contribution in [0.15, 0.2) is 22.8 Å². The molecule has 0 radical (unpaired) electrons. The Hall–Kier alpha value is -0.696. The quantitative estimate of drug-likeness (QED) is 0.136. The van der Waals surface area contributed by atoms with E-state index in [4.69, 9.17) is 13.6 Å². The zero-order valence-corrected chi connectivity index (χ0v) is 31.0. The van der Waals surface area contributed by atoms with Crippen molar-refractivity contribution in [3.63, 3.8) is 0 Å². The molecule has 0 unspecified atom stereocenters. The van der Waals surface area contributed by atoms with Gasteiger partial charge in [-0.25, -0.2) is 0 Å². The van der Waals surface area contributed by atoms with Crippen molar-refractivity contribution >= 4 is 22.6 Å². The van der Waals surface area contributed by atoms with Gasteiger partial charge in [0.1, 0.15) is 6.10 Å². The lowest BCUT2D eigenvalue weighted by Gasteiger charge is -2.49. The fourth-order valence-corrected chi connectivity index (χ4v) is 8.09. The van der Waals surface area contributed by atoms with Crippen LogP contribution in [0, 0.1) is 16.7 Å². The normalized spacial score (nSPS) is 26.4. The third kappa shape index (κ3) is 7.82. The third-order valence-electron chi connectivity index (χ3n) is 11.1. The number of hydrogen-bond acceptors (Lipinski definition) is 4. The van der Waals surface area contributed by atoms with Crippen LogP contribution in [0.1, 0.15) is 115 Å². The van der Waals surface area contributed by atoms with Gasteiger partial charge in [0, 0.05) is 18.9 Å². The summed E-state index contributed by atoms with van der Waals surface area (Å²) < 4.78 is 19.5. The summed E-state index contributed by atoms with van der Waals surface area (Å²) in [7, 11) is -3.72. The molecule has 0 amide bonds. The van der Waals surface area contributed by atoms with Gasteiger partial charge < -0.3 is 13.6 Å². The van der Waals surface area contributed by atoms with Crippen molar-refractivity contribution in [1.29, 1.82) is 0 Å². The van der Waals surface area contributed by atoms with E-state index >= 15 is 0 Å². The molecule has 0 aliphatic heterocycles. The fraction of sp³-hybridized carbons (Fsp3) is 0.853. The Kier molecular flexibility index (Phi) is 11.1. The van der Waals surface area contributed by atoms with Gasteiger partial charge in [0.25, 0.3) is 0 Å². The van der Waals surface area contributed by atoms with Crippen LogP contribution in [0.4, 0.5) is 0 Å². The summed E-state index contributed by atoms with van der Waals surface area (Å²) in [6.07, 6.45) is 8.44. The van der Waals surface area contributed by atoms with E-state index in [0.29, 0.717) is 12.5 Å². The molecule has 4 nitrogen and oxygen atoms in total. The van der Waals surface area contributed by atoms with Gasteiger partial charge in [-0.2, -0.15) is 0 Å². The summed E-state index contributed by atoms with van der Waals surface area (Å²) >= 11 is 0. The van der Waals surface area contributed by atoms with E-state index in [1.165, 1.54) is 18.4 Å². The summed E-state index contributed by atoms with van der Waals surface area (Å²) in [5, 5.41) is 0.348. The van der Waals surface area contributed by atoms with Crippen LogP contribution in [0.2, 0.25) is 36.3 Å². The number of allylic oxidation sites excluding steroid dienone is 2. The minimum absolute atomic E-state index is 0.163. The Bertz CT molecular complexity index is 963. The lowest BCUT2D eigenvalue weighted by molar-refractivity contribution is -0.153. The first-order valence-electron chi connectivity index (χ1n) is 15.9. The maximum absolute atomic E-state index is 12.5. The van der Waals surface area contributed by atoms with Gasteiger partial charge in [-0.3, -0.25) is 4.79 Å². The largest absolute Gasteiger partial charge is 0.462 e. The molecule has 2 aliphatic carbocycles. The molecule has 0 spiro atoms. The number of fused-ring (bicyclic) bond motifs is 1. The molecule has 3 atom stereocenters. The standard InChI is InChI=1S/C34H64O4Si2/c1-25(2)27-18-20-33(10)21-22-34(11,28(30(27)33)19-24-37-40(14,15)32(7,8)9)29(38-26(3)35)17-16-23-36-39(12,13)31(4,5)6/h19,25,29H,16-18,20-24H2,1-15H3/b28-19-/t29-,33+,34+/m0/s1. The van der Waals surface area contributed by atoms with Crippen LogP contribution in [0.5, 0.6) is 0 Å². The molecule has 1 saturated carbocycles. The zero-order valence-electron chi connectivity index (χ0n) is 29.0. The van der Waals surface area contributed by atoms with Gasteiger partial charge in [0.15, 0.2) is 16.6 Å². The van der Waals surface area contributed by atoms with Gasteiger partial charge in [0.2, 0.25) is 0 Å². The lowest BCUT2D eigenvalue weighted by atomic mass is 9.57. The second kappa shape index (κ2) is 12.5. The second-order valence-corrected chi connectivity index (χ2v) is 26.2. The van der Waals surface area contributed by atoms with Crippen LogP contribution in [0.3, 0.4) is 0 Å². The molecule has 40 heavy (non-hydrogen) atoms. The number of carbonyl (C=O) groups excluding carboxylic acids is 1. The molecule has 0 aromatic heterocycles. The predicted molar refractivity (Wildman–Crippen MR) is 176 cm³/mol. The maximum atomic E-state index is 12.5. The highest BCUT2D eigenvalue weighted by molar-refractivity contribution is 6.74. The highest BCUT2D eigenvalue weighted by atomic mass is 28.4. The topological polar surface area (TPSA) is 44.8 Å². The van der Waals surface area contributed by atoms with Crippen molar-refractivity contribution in [1.82, 2.24) is 0 Å². The number of hydrogen-bond donors (Lipinski definition) is 0. The molecule has 0 N–H and O–H groups in total. The highest BCUT2D eigenvalue weighted by Gasteiger charge is 2.52. The van der Waals surface area contributed by atoms with Crippen molar-refractivity contribution in [2.75, 3.05) is 13.2 Å². The number of ether oxygens (including phenoxy) is 1. The number of rotatable bonds is 11. The Morgan fingerprint density at radius 2 is 1.48 bits per heavy atom. The van der Waals surface area contributed by atoms with Crippen molar-refractivity contribution < 1.29 is 18.4 Å². The van der Waals surface area contributed by atoms with Crippen molar-refractivity contribution in [3.05, 3.63) is 22.8 Å². The first-order valence-corrected chi connectivity index (χ1v) is 21.7. The van der Waals surface area contributed by atoms with E-state index in [1.807, 2.05) is 0 Å². The summed E-state index contributed by atoms with van der Waals surface area (Å²) in [4.78, 5) is 12.5. The van der Waals surface area contributed by atoms with Gasteiger partial charge in [-0.1, -0.05) is 80.9 Å². The number of carbonyl (C=O) groups is 1. The maximum Gasteiger partial charge on any atom is 0.302 e. The molecule has 2 aliphatic rings. The molecule has 0 bridgehead atoms. The molecular formula is C34H64O4Si2. The van der Waals surface area contributed by atoms with Crippen molar-refractivity contribution in [2.45, 2.75) is 157 Å². The fourth-order valence-electron chi connectivity index (χ4n) is 6.07. The second-order valence-electron chi connectivity index (χ2n) is 16.6. The lowest BCUT2D eigenvalue weighted by Crippen LogP contribution is -2.45. The Morgan fingerprint density at radius 1 is 0.925 bits per heavy atom. The Morgan fingerprint density at radius 3 is 1.98 bits per heavy atom. The summed E-state index contributed by atoms with van der Waals surface area (Å²) in [6, 6.07) is 0. The first kappa shape index (κ1) is 35.5. The van der Waals surface area contributed by atoms with Crippen molar-refractivity contribution in [2.24, 2.45) is 16.7 Å². The summed E-state index contributed by atoms with van der Waals surface area (Å²) in [6.45, 7) is 35.4. The van der Waals surface area contributed by atoms with Crippen LogP contribution in [-0.2, 0) is 18.4 Å². The monoisotopic (exact) mass is 592 g/mol. The molecule has 6 heteroatoms. The molecule has 0 aromatic rings. The van der Waals surface area contributed by atoms with Crippen LogP contribution >= 0.6 is 0 Å². The van der Waals surface area contributed by atoms with E-state index in [0.717, 1.165) is 32.3 Å². The summed E-state index contributed by atoms with van der Waals surface area (Å²) in [5.41, 5.74) is 4.46.